The fraction of sp³-hybridized carbons (Fsp3) is 0.227. The lowest BCUT2D eigenvalue weighted by Crippen LogP contribution is -2.20. The first-order valence-electron chi connectivity index (χ1n) is 9.14. The van der Waals surface area contributed by atoms with Gasteiger partial charge in [-0.1, -0.05) is 53.3 Å². The summed E-state index contributed by atoms with van der Waals surface area (Å²) in [4.78, 5) is 17.6. The van der Waals surface area contributed by atoms with Crippen molar-refractivity contribution in [3.05, 3.63) is 76.6 Å². The molecule has 4 nitrogen and oxygen atoms in total. The third kappa shape index (κ3) is 2.70. The van der Waals surface area contributed by atoms with Gasteiger partial charge in [0.25, 0.3) is 0 Å². The van der Waals surface area contributed by atoms with Crippen molar-refractivity contribution in [1.82, 2.24) is 14.8 Å². The van der Waals surface area contributed by atoms with E-state index in [-0.39, 0.29) is 11.7 Å². The van der Waals surface area contributed by atoms with Crippen LogP contribution in [0, 0.1) is 13.8 Å². The van der Waals surface area contributed by atoms with E-state index in [0.717, 1.165) is 38.7 Å². The van der Waals surface area contributed by atoms with E-state index in [2.05, 4.69) is 37.3 Å². The Hall–Kier alpha value is -2.79. The van der Waals surface area contributed by atoms with E-state index < -0.39 is 0 Å². The number of carbonyl (C=O) groups excluding carboxylic acids is 1. The molecule has 2 heterocycles. The normalized spacial score (nSPS) is 16.7. The SMILES string of the molecule is Cc1ccc(C2CC(=O)c3c(C)nn(-c4nc5ccccc5s4)c3C2)cc1. The average molecular weight is 373 g/mol. The number of carbonyl (C=O) groups is 1. The van der Waals surface area contributed by atoms with Crippen LogP contribution in [0.25, 0.3) is 15.3 Å². The van der Waals surface area contributed by atoms with Gasteiger partial charge in [-0.3, -0.25) is 4.79 Å². The fourth-order valence-corrected chi connectivity index (χ4v) is 4.88. The molecule has 0 fully saturated rings. The molecule has 134 valence electrons. The number of aryl methyl sites for hydroxylation is 2. The molecule has 0 amide bonds. The molecule has 0 radical (unpaired) electrons. The van der Waals surface area contributed by atoms with Crippen molar-refractivity contribution < 1.29 is 4.79 Å². The molecule has 0 spiro atoms. The van der Waals surface area contributed by atoms with Crippen LogP contribution in [0.1, 0.15) is 45.2 Å². The van der Waals surface area contributed by atoms with Crippen molar-refractivity contribution in [2.45, 2.75) is 32.6 Å². The van der Waals surface area contributed by atoms with E-state index in [1.165, 1.54) is 11.1 Å². The molecule has 0 saturated carbocycles. The summed E-state index contributed by atoms with van der Waals surface area (Å²) < 4.78 is 3.03. The molecule has 2 aromatic carbocycles. The lowest BCUT2D eigenvalue weighted by atomic mass is 9.81. The number of nitrogens with zero attached hydrogens (tertiary/aromatic N) is 3. The van der Waals surface area contributed by atoms with Crippen molar-refractivity contribution in [2.75, 3.05) is 0 Å². The van der Waals surface area contributed by atoms with Gasteiger partial charge < -0.3 is 0 Å². The molecule has 0 bridgehead atoms. The largest absolute Gasteiger partial charge is 0.294 e. The highest BCUT2D eigenvalue weighted by Gasteiger charge is 2.32. The molecule has 4 aromatic rings. The smallest absolute Gasteiger partial charge is 0.211 e. The summed E-state index contributed by atoms with van der Waals surface area (Å²) in [6.07, 6.45) is 1.35. The summed E-state index contributed by atoms with van der Waals surface area (Å²) in [6, 6.07) is 16.6. The van der Waals surface area contributed by atoms with Crippen LogP contribution in [-0.2, 0) is 6.42 Å². The Morgan fingerprint density at radius 1 is 1.04 bits per heavy atom. The van der Waals surface area contributed by atoms with E-state index in [1.807, 2.05) is 29.8 Å². The Morgan fingerprint density at radius 3 is 2.59 bits per heavy atom. The number of Topliss-reactive ketones (excluding diaryl/α,β-unsaturated/α-hetero) is 1. The molecule has 5 heteroatoms. The second-order valence-corrected chi connectivity index (χ2v) is 8.23. The van der Waals surface area contributed by atoms with Gasteiger partial charge in [0.1, 0.15) is 0 Å². The van der Waals surface area contributed by atoms with Gasteiger partial charge in [0, 0.05) is 6.42 Å². The molecular formula is C22H19N3OS. The predicted molar refractivity (Wildman–Crippen MR) is 108 cm³/mol. The molecule has 0 aliphatic heterocycles. The van der Waals surface area contributed by atoms with Crippen LogP contribution < -0.4 is 0 Å². The van der Waals surface area contributed by atoms with Gasteiger partial charge in [0.2, 0.25) is 5.13 Å². The quantitative estimate of drug-likeness (QED) is 0.496. The number of hydrogen-bond donors (Lipinski definition) is 0. The van der Waals surface area contributed by atoms with Crippen LogP contribution in [0.15, 0.2) is 48.5 Å². The zero-order chi connectivity index (χ0) is 18.5. The number of hydrogen-bond acceptors (Lipinski definition) is 4. The molecule has 1 aliphatic rings. The van der Waals surface area contributed by atoms with E-state index in [0.29, 0.717) is 6.42 Å². The maximum atomic E-state index is 12.9. The molecule has 1 unspecified atom stereocenters. The van der Waals surface area contributed by atoms with Crippen LogP contribution in [0.5, 0.6) is 0 Å². The molecule has 5 rings (SSSR count). The summed E-state index contributed by atoms with van der Waals surface area (Å²) >= 11 is 1.61. The van der Waals surface area contributed by atoms with E-state index in [1.54, 1.807) is 11.3 Å². The number of thiazole rings is 1. The fourth-order valence-electron chi connectivity index (χ4n) is 3.94. The zero-order valence-corrected chi connectivity index (χ0v) is 16.1. The number of para-hydroxylation sites is 1. The maximum absolute atomic E-state index is 12.9. The summed E-state index contributed by atoms with van der Waals surface area (Å²) in [5, 5.41) is 5.53. The Balaban J connectivity index is 1.61. The van der Waals surface area contributed by atoms with Crippen LogP contribution in [0.3, 0.4) is 0 Å². The second-order valence-electron chi connectivity index (χ2n) is 7.22. The Labute approximate surface area is 161 Å². The molecule has 2 aromatic heterocycles. The Morgan fingerprint density at radius 2 is 1.81 bits per heavy atom. The summed E-state index contributed by atoms with van der Waals surface area (Å²) in [5.41, 5.74) is 6.01. The number of fused-ring (bicyclic) bond motifs is 2. The van der Waals surface area contributed by atoms with Crippen molar-refractivity contribution in [1.29, 1.82) is 0 Å². The van der Waals surface area contributed by atoms with Crippen molar-refractivity contribution in [3.8, 4) is 5.13 Å². The van der Waals surface area contributed by atoms with Gasteiger partial charge >= 0.3 is 0 Å². The van der Waals surface area contributed by atoms with E-state index in [9.17, 15) is 4.79 Å². The first kappa shape index (κ1) is 16.4. The standard InChI is InChI=1S/C22H19N3OS/c1-13-7-9-15(10-8-13)16-11-18-21(19(26)12-16)14(2)24-25(18)22-23-17-5-3-4-6-20(17)27-22/h3-10,16H,11-12H2,1-2H3. The number of rotatable bonds is 2. The number of ketones is 1. The lowest BCUT2D eigenvalue weighted by molar-refractivity contribution is 0.0963. The minimum atomic E-state index is 0.187. The molecule has 1 aliphatic carbocycles. The minimum Gasteiger partial charge on any atom is -0.294 e. The zero-order valence-electron chi connectivity index (χ0n) is 15.3. The van der Waals surface area contributed by atoms with Crippen molar-refractivity contribution >= 4 is 27.3 Å². The monoisotopic (exact) mass is 373 g/mol. The average Bonchev–Trinajstić information content (AvgIpc) is 3.23. The molecular weight excluding hydrogens is 354 g/mol. The number of aromatic nitrogens is 3. The third-order valence-electron chi connectivity index (χ3n) is 5.32. The maximum Gasteiger partial charge on any atom is 0.211 e. The predicted octanol–water partition coefficient (Wildman–Crippen LogP) is 5.01. The summed E-state index contributed by atoms with van der Waals surface area (Å²) in [6.45, 7) is 4.01. The van der Waals surface area contributed by atoms with E-state index >= 15 is 0 Å². The van der Waals surface area contributed by atoms with Crippen molar-refractivity contribution in [2.24, 2.45) is 0 Å². The summed E-state index contributed by atoms with van der Waals surface area (Å²) in [7, 11) is 0. The van der Waals surface area contributed by atoms with Gasteiger partial charge in [-0.15, -0.1) is 0 Å². The molecule has 0 N–H and O–H groups in total. The van der Waals surface area contributed by atoms with Gasteiger partial charge in [-0.05, 0) is 43.9 Å². The highest BCUT2D eigenvalue weighted by molar-refractivity contribution is 7.20. The van der Waals surface area contributed by atoms with Crippen LogP contribution in [0.4, 0.5) is 0 Å². The molecule has 1 atom stereocenters. The third-order valence-corrected chi connectivity index (χ3v) is 6.33. The van der Waals surface area contributed by atoms with Crippen molar-refractivity contribution in [3.63, 3.8) is 0 Å². The first-order valence-corrected chi connectivity index (χ1v) is 9.96. The minimum absolute atomic E-state index is 0.187. The van der Waals surface area contributed by atoms with Gasteiger partial charge in [0.05, 0.1) is 27.2 Å². The summed E-state index contributed by atoms with van der Waals surface area (Å²) in [5.74, 6) is 0.376. The van der Waals surface area contributed by atoms with Crippen LogP contribution >= 0.6 is 11.3 Å². The highest BCUT2D eigenvalue weighted by Crippen LogP contribution is 2.36. The van der Waals surface area contributed by atoms with Gasteiger partial charge in [-0.25, -0.2) is 9.67 Å². The Kier molecular flexibility index (Phi) is 3.72. The van der Waals surface area contributed by atoms with Crippen LogP contribution in [0.2, 0.25) is 0 Å². The lowest BCUT2D eigenvalue weighted by Gasteiger charge is -2.22. The Bertz CT molecular complexity index is 1140. The van der Waals surface area contributed by atoms with E-state index in [4.69, 9.17) is 10.1 Å². The molecule has 0 saturated heterocycles. The highest BCUT2D eigenvalue weighted by atomic mass is 32.1. The topological polar surface area (TPSA) is 47.8 Å². The van der Waals surface area contributed by atoms with Gasteiger partial charge in [0.15, 0.2) is 5.78 Å². The molecule has 27 heavy (non-hydrogen) atoms. The number of benzene rings is 2. The van der Waals surface area contributed by atoms with Gasteiger partial charge in [-0.2, -0.15) is 5.10 Å². The van der Waals surface area contributed by atoms with Crippen LogP contribution in [-0.4, -0.2) is 20.5 Å². The second kappa shape index (κ2) is 6.13. The first-order chi connectivity index (χ1) is 13.1.